The van der Waals surface area contributed by atoms with Crippen molar-refractivity contribution in [3.63, 3.8) is 0 Å². The summed E-state index contributed by atoms with van der Waals surface area (Å²) in [4.78, 5) is 34.4. The van der Waals surface area contributed by atoms with E-state index in [-0.39, 0.29) is 11.8 Å². The fraction of sp³-hybridized carbons (Fsp3) is 0.348. The molecule has 156 valence electrons. The summed E-state index contributed by atoms with van der Waals surface area (Å²) < 4.78 is 5.70. The molecule has 0 bridgehead atoms. The van der Waals surface area contributed by atoms with E-state index in [4.69, 9.17) is 4.42 Å². The Kier molecular flexibility index (Phi) is 6.28. The fourth-order valence-electron chi connectivity index (χ4n) is 3.66. The first-order chi connectivity index (χ1) is 14.6. The van der Waals surface area contributed by atoms with Crippen LogP contribution in [0.25, 0.3) is 10.8 Å². The van der Waals surface area contributed by atoms with E-state index in [1.807, 2.05) is 40.6 Å². The van der Waals surface area contributed by atoms with E-state index in [1.54, 1.807) is 11.8 Å². The van der Waals surface area contributed by atoms with Crippen LogP contribution in [0.1, 0.15) is 34.7 Å². The molecule has 0 N–H and O–H groups in total. The molecule has 3 aromatic rings. The smallest absolute Gasteiger partial charge is 0.276 e. The van der Waals surface area contributed by atoms with Gasteiger partial charge in [0.25, 0.3) is 5.91 Å². The Balaban J connectivity index is 1.28. The molecule has 0 aliphatic carbocycles. The predicted octanol–water partition coefficient (Wildman–Crippen LogP) is 4.02. The van der Waals surface area contributed by atoms with E-state index in [1.165, 1.54) is 16.9 Å². The van der Waals surface area contributed by atoms with E-state index in [0.29, 0.717) is 49.9 Å². The van der Waals surface area contributed by atoms with Crippen molar-refractivity contribution in [2.45, 2.75) is 26.2 Å². The van der Waals surface area contributed by atoms with Gasteiger partial charge in [0.1, 0.15) is 5.76 Å². The molecule has 0 radical (unpaired) electrons. The van der Waals surface area contributed by atoms with Crippen LogP contribution in [0, 0.1) is 6.92 Å². The van der Waals surface area contributed by atoms with Crippen LogP contribution in [-0.4, -0.2) is 52.8 Å². The molecule has 0 unspecified atom stereocenters. The summed E-state index contributed by atoms with van der Waals surface area (Å²) in [6.45, 7) is 3.92. The number of hydrogen-bond acceptors (Lipinski definition) is 5. The molecule has 2 amide bonds. The molecule has 0 saturated carbocycles. The maximum Gasteiger partial charge on any atom is 0.276 e. The van der Waals surface area contributed by atoms with Gasteiger partial charge >= 0.3 is 0 Å². The number of benzene rings is 1. The normalized spacial score (nSPS) is 14.2. The van der Waals surface area contributed by atoms with Gasteiger partial charge in [-0.1, -0.05) is 36.4 Å². The van der Waals surface area contributed by atoms with Gasteiger partial charge in [-0.25, -0.2) is 4.98 Å². The lowest BCUT2D eigenvalue weighted by atomic mass is 10.1. The lowest BCUT2D eigenvalue weighted by Crippen LogP contribution is -2.50. The molecular weight excluding hydrogens is 398 g/mol. The number of carbonyl (C=O) groups is 2. The minimum Gasteiger partial charge on any atom is -0.440 e. The van der Waals surface area contributed by atoms with Crippen molar-refractivity contribution in [3.05, 3.63) is 64.9 Å². The summed E-state index contributed by atoms with van der Waals surface area (Å²) >= 11 is 1.53. The summed E-state index contributed by atoms with van der Waals surface area (Å²) in [5.41, 5.74) is 1.62. The molecule has 2 aromatic heterocycles. The average Bonchev–Trinajstić information content (AvgIpc) is 3.44. The van der Waals surface area contributed by atoms with Gasteiger partial charge < -0.3 is 14.2 Å². The number of carbonyl (C=O) groups excluding carboxylic acids is 2. The Labute approximate surface area is 180 Å². The van der Waals surface area contributed by atoms with Gasteiger partial charge in [-0.2, -0.15) is 0 Å². The second-order valence-corrected chi connectivity index (χ2v) is 8.36. The Morgan fingerprint density at radius 3 is 2.47 bits per heavy atom. The maximum absolute atomic E-state index is 12.9. The van der Waals surface area contributed by atoms with Gasteiger partial charge in [0.05, 0.1) is 4.88 Å². The van der Waals surface area contributed by atoms with Gasteiger partial charge in [0, 0.05) is 32.6 Å². The third kappa shape index (κ3) is 4.62. The van der Waals surface area contributed by atoms with E-state index in [9.17, 15) is 9.59 Å². The average molecular weight is 424 g/mol. The molecule has 1 aliphatic rings. The highest BCUT2D eigenvalue weighted by atomic mass is 32.1. The lowest BCUT2D eigenvalue weighted by Gasteiger charge is -2.34. The van der Waals surface area contributed by atoms with E-state index < -0.39 is 0 Å². The Bertz CT molecular complexity index is 990. The molecule has 1 aromatic carbocycles. The number of nitrogens with zero attached hydrogens (tertiary/aromatic N) is 3. The molecule has 0 spiro atoms. The van der Waals surface area contributed by atoms with Crippen LogP contribution in [0.5, 0.6) is 0 Å². The highest BCUT2D eigenvalue weighted by molar-refractivity contribution is 7.13. The molecular formula is C23H25N3O3S. The minimum atomic E-state index is -0.129. The van der Waals surface area contributed by atoms with Crippen LogP contribution in [0.4, 0.5) is 0 Å². The number of hydrogen-bond donors (Lipinski definition) is 0. The number of piperazine rings is 1. The Hall–Kier alpha value is -2.93. The summed E-state index contributed by atoms with van der Waals surface area (Å²) in [6.07, 6.45) is 2.28. The van der Waals surface area contributed by atoms with Gasteiger partial charge in [-0.3, -0.25) is 9.59 Å². The molecule has 4 rings (SSSR count). The van der Waals surface area contributed by atoms with Crippen molar-refractivity contribution in [1.29, 1.82) is 0 Å². The summed E-state index contributed by atoms with van der Waals surface area (Å²) in [7, 11) is 0. The Morgan fingerprint density at radius 2 is 1.77 bits per heavy atom. The highest BCUT2D eigenvalue weighted by Gasteiger charge is 2.28. The molecule has 1 saturated heterocycles. The quantitative estimate of drug-likeness (QED) is 0.601. The lowest BCUT2D eigenvalue weighted by molar-refractivity contribution is -0.132. The van der Waals surface area contributed by atoms with Crippen LogP contribution in [-0.2, 0) is 11.2 Å². The summed E-state index contributed by atoms with van der Waals surface area (Å²) in [6, 6.07) is 14.1. The fourth-order valence-corrected chi connectivity index (χ4v) is 4.30. The number of rotatable bonds is 6. The van der Waals surface area contributed by atoms with Crippen LogP contribution >= 0.6 is 11.3 Å². The highest BCUT2D eigenvalue weighted by Crippen LogP contribution is 2.26. The van der Waals surface area contributed by atoms with Crippen molar-refractivity contribution in [2.24, 2.45) is 0 Å². The molecule has 1 aliphatic heterocycles. The third-order valence-electron chi connectivity index (χ3n) is 5.35. The van der Waals surface area contributed by atoms with Crippen molar-refractivity contribution < 1.29 is 14.0 Å². The SMILES string of the molecule is Cc1oc(-c2cccs2)nc1C(=O)N1CCN(C(=O)CCCc2ccccc2)CC1. The summed E-state index contributed by atoms with van der Waals surface area (Å²) in [5.74, 6) is 1.05. The number of amides is 2. The minimum absolute atomic E-state index is 0.129. The molecule has 7 heteroatoms. The first-order valence-electron chi connectivity index (χ1n) is 10.2. The van der Waals surface area contributed by atoms with E-state index >= 15 is 0 Å². The largest absolute Gasteiger partial charge is 0.440 e. The van der Waals surface area contributed by atoms with E-state index in [0.717, 1.165) is 17.7 Å². The first-order valence-corrected chi connectivity index (χ1v) is 11.1. The molecule has 0 atom stereocenters. The number of aryl methyl sites for hydroxylation is 2. The summed E-state index contributed by atoms with van der Waals surface area (Å²) in [5, 5.41) is 1.95. The van der Waals surface area contributed by atoms with Gasteiger partial charge in [0.15, 0.2) is 5.69 Å². The van der Waals surface area contributed by atoms with Gasteiger partial charge in [-0.15, -0.1) is 11.3 Å². The van der Waals surface area contributed by atoms with Crippen molar-refractivity contribution in [1.82, 2.24) is 14.8 Å². The molecule has 6 nitrogen and oxygen atoms in total. The zero-order valence-corrected chi connectivity index (χ0v) is 17.9. The standard InChI is InChI=1S/C23H25N3O3S/c1-17-21(24-22(29-17)19-10-6-16-30-19)23(28)26-14-12-25(13-15-26)20(27)11-5-9-18-7-3-2-4-8-18/h2-4,6-8,10,16H,5,9,11-15H2,1H3. The van der Waals surface area contributed by atoms with Crippen molar-refractivity contribution >= 4 is 23.2 Å². The second-order valence-electron chi connectivity index (χ2n) is 7.41. The van der Waals surface area contributed by atoms with Gasteiger partial charge in [-0.05, 0) is 36.8 Å². The zero-order chi connectivity index (χ0) is 20.9. The molecule has 1 fully saturated rings. The number of thiophene rings is 1. The number of aromatic nitrogens is 1. The van der Waals surface area contributed by atoms with Crippen LogP contribution in [0.3, 0.4) is 0 Å². The van der Waals surface area contributed by atoms with Gasteiger partial charge in [0.2, 0.25) is 11.8 Å². The third-order valence-corrected chi connectivity index (χ3v) is 6.21. The molecule has 3 heterocycles. The van der Waals surface area contributed by atoms with Crippen LogP contribution in [0.2, 0.25) is 0 Å². The topological polar surface area (TPSA) is 66.7 Å². The molecule has 30 heavy (non-hydrogen) atoms. The number of oxazole rings is 1. The predicted molar refractivity (Wildman–Crippen MR) is 116 cm³/mol. The van der Waals surface area contributed by atoms with Crippen LogP contribution < -0.4 is 0 Å². The first kappa shape index (κ1) is 20.3. The maximum atomic E-state index is 12.9. The van der Waals surface area contributed by atoms with Crippen molar-refractivity contribution in [3.8, 4) is 10.8 Å². The van der Waals surface area contributed by atoms with Crippen LogP contribution in [0.15, 0.2) is 52.3 Å². The van der Waals surface area contributed by atoms with E-state index in [2.05, 4.69) is 17.1 Å². The zero-order valence-electron chi connectivity index (χ0n) is 17.0. The second kappa shape index (κ2) is 9.26. The monoisotopic (exact) mass is 423 g/mol. The van der Waals surface area contributed by atoms with Crippen molar-refractivity contribution in [2.75, 3.05) is 26.2 Å². The Morgan fingerprint density at radius 1 is 1.03 bits per heavy atom.